The van der Waals surface area contributed by atoms with Crippen molar-refractivity contribution in [3.8, 4) is 5.88 Å². The van der Waals surface area contributed by atoms with Crippen LogP contribution in [0.15, 0.2) is 12.3 Å². The van der Waals surface area contributed by atoms with Crippen molar-refractivity contribution in [3.05, 3.63) is 12.3 Å². The Labute approximate surface area is 130 Å². The minimum Gasteiger partial charge on any atom is -0.478 e. The molecule has 1 aromatic heterocycles. The summed E-state index contributed by atoms with van der Waals surface area (Å²) < 4.78 is 5.62. The maximum absolute atomic E-state index is 5.62. The summed E-state index contributed by atoms with van der Waals surface area (Å²) in [6, 6.07) is 2.41. The lowest BCUT2D eigenvalue weighted by Gasteiger charge is -2.34. The SMILES string of the molecule is CCCOc1ccnc(N(CCBr)C2CCCCC2)n1. The number of nitrogens with zero attached hydrogens (tertiary/aromatic N) is 3. The summed E-state index contributed by atoms with van der Waals surface area (Å²) in [5, 5.41) is 0.937. The largest absolute Gasteiger partial charge is 0.478 e. The Morgan fingerprint density at radius 3 is 2.85 bits per heavy atom. The zero-order valence-corrected chi connectivity index (χ0v) is 13.8. The first-order valence-corrected chi connectivity index (χ1v) is 8.75. The highest BCUT2D eigenvalue weighted by atomic mass is 79.9. The summed E-state index contributed by atoms with van der Waals surface area (Å²) in [4.78, 5) is 11.4. The number of ether oxygens (including phenoxy) is 1. The molecule has 1 saturated carbocycles. The molecule has 0 aliphatic heterocycles. The van der Waals surface area contributed by atoms with E-state index >= 15 is 0 Å². The standard InChI is InChI=1S/C15H24BrN3O/c1-2-12-20-14-8-10-17-15(18-14)19(11-9-16)13-6-4-3-5-7-13/h8,10,13H,2-7,9,11-12H2,1H3. The number of rotatable bonds is 7. The van der Waals surface area contributed by atoms with E-state index in [0.29, 0.717) is 18.5 Å². The number of anilines is 1. The van der Waals surface area contributed by atoms with Gasteiger partial charge in [0.2, 0.25) is 11.8 Å². The highest BCUT2D eigenvalue weighted by Crippen LogP contribution is 2.26. The number of aromatic nitrogens is 2. The first-order chi connectivity index (χ1) is 9.85. The molecule has 1 aliphatic carbocycles. The Hall–Kier alpha value is -0.840. The van der Waals surface area contributed by atoms with E-state index < -0.39 is 0 Å². The van der Waals surface area contributed by atoms with Crippen molar-refractivity contribution in [1.82, 2.24) is 9.97 Å². The molecule has 112 valence electrons. The molecule has 0 spiro atoms. The predicted molar refractivity (Wildman–Crippen MR) is 85.8 cm³/mol. The second-order valence-corrected chi connectivity index (χ2v) is 6.01. The third kappa shape index (κ3) is 4.33. The molecule has 0 amide bonds. The highest BCUT2D eigenvalue weighted by Gasteiger charge is 2.23. The molecule has 20 heavy (non-hydrogen) atoms. The molecule has 1 aliphatic rings. The molecule has 0 unspecified atom stereocenters. The smallest absolute Gasteiger partial charge is 0.228 e. The molecular formula is C15H24BrN3O. The van der Waals surface area contributed by atoms with Gasteiger partial charge in [-0.05, 0) is 19.3 Å². The normalized spacial score (nSPS) is 16.1. The summed E-state index contributed by atoms with van der Waals surface area (Å²) in [5.74, 6) is 1.50. The van der Waals surface area contributed by atoms with Gasteiger partial charge in [0.1, 0.15) is 0 Å². The van der Waals surface area contributed by atoms with E-state index in [2.05, 4.69) is 37.7 Å². The van der Waals surface area contributed by atoms with Gasteiger partial charge >= 0.3 is 0 Å². The molecule has 1 fully saturated rings. The van der Waals surface area contributed by atoms with Crippen LogP contribution in [0.4, 0.5) is 5.95 Å². The third-order valence-electron chi connectivity index (χ3n) is 3.67. The quantitative estimate of drug-likeness (QED) is 0.707. The van der Waals surface area contributed by atoms with Crippen LogP contribution in [-0.4, -0.2) is 34.5 Å². The molecule has 0 saturated heterocycles. The lowest BCUT2D eigenvalue weighted by molar-refractivity contribution is 0.304. The predicted octanol–water partition coefficient (Wildman–Crippen LogP) is 3.80. The number of hydrogen-bond donors (Lipinski definition) is 0. The molecular weight excluding hydrogens is 318 g/mol. The van der Waals surface area contributed by atoms with Gasteiger partial charge < -0.3 is 9.64 Å². The van der Waals surface area contributed by atoms with Gasteiger partial charge in [-0.1, -0.05) is 42.1 Å². The number of alkyl halides is 1. The van der Waals surface area contributed by atoms with Crippen LogP contribution in [0, 0.1) is 0 Å². The van der Waals surface area contributed by atoms with Crippen LogP contribution in [0.5, 0.6) is 5.88 Å². The van der Waals surface area contributed by atoms with Crippen LogP contribution < -0.4 is 9.64 Å². The maximum atomic E-state index is 5.62. The van der Waals surface area contributed by atoms with Gasteiger partial charge in [0, 0.05) is 30.2 Å². The zero-order chi connectivity index (χ0) is 14.2. The second kappa shape index (κ2) is 8.45. The molecule has 0 atom stereocenters. The molecule has 5 heteroatoms. The number of halogens is 1. The molecule has 0 radical (unpaired) electrons. The summed E-state index contributed by atoms with van der Waals surface area (Å²) in [7, 11) is 0. The minimum absolute atomic E-state index is 0.572. The van der Waals surface area contributed by atoms with Crippen LogP contribution in [0.3, 0.4) is 0 Å². The van der Waals surface area contributed by atoms with Gasteiger partial charge in [-0.15, -0.1) is 0 Å². The van der Waals surface area contributed by atoms with Crippen molar-refractivity contribution in [3.63, 3.8) is 0 Å². The molecule has 0 aromatic carbocycles. The van der Waals surface area contributed by atoms with E-state index in [4.69, 9.17) is 4.74 Å². The van der Waals surface area contributed by atoms with Gasteiger partial charge in [0.15, 0.2) is 0 Å². The first kappa shape index (κ1) is 15.5. The molecule has 2 rings (SSSR count). The highest BCUT2D eigenvalue weighted by molar-refractivity contribution is 9.09. The van der Waals surface area contributed by atoms with Crippen LogP contribution in [0.1, 0.15) is 45.4 Å². The van der Waals surface area contributed by atoms with E-state index in [0.717, 1.165) is 24.2 Å². The second-order valence-electron chi connectivity index (χ2n) is 5.22. The van der Waals surface area contributed by atoms with E-state index in [1.807, 2.05) is 6.07 Å². The zero-order valence-electron chi connectivity index (χ0n) is 12.2. The van der Waals surface area contributed by atoms with E-state index in [1.165, 1.54) is 32.1 Å². The average Bonchev–Trinajstić information content (AvgIpc) is 2.52. The summed E-state index contributed by atoms with van der Waals surface area (Å²) in [5.41, 5.74) is 0. The van der Waals surface area contributed by atoms with Gasteiger partial charge in [-0.3, -0.25) is 0 Å². The van der Waals surface area contributed by atoms with Crippen molar-refractivity contribution >= 4 is 21.9 Å². The topological polar surface area (TPSA) is 38.2 Å². The molecule has 1 aromatic rings. The van der Waals surface area contributed by atoms with Gasteiger partial charge in [0.05, 0.1) is 6.61 Å². The van der Waals surface area contributed by atoms with Gasteiger partial charge in [-0.25, -0.2) is 4.98 Å². The van der Waals surface area contributed by atoms with E-state index in [9.17, 15) is 0 Å². The maximum Gasteiger partial charge on any atom is 0.228 e. The molecule has 4 nitrogen and oxygen atoms in total. The monoisotopic (exact) mass is 341 g/mol. The van der Waals surface area contributed by atoms with Crippen molar-refractivity contribution in [2.24, 2.45) is 0 Å². The van der Waals surface area contributed by atoms with Crippen LogP contribution in [0.2, 0.25) is 0 Å². The fourth-order valence-electron chi connectivity index (χ4n) is 2.69. The van der Waals surface area contributed by atoms with Gasteiger partial charge in [0.25, 0.3) is 0 Å². The lowest BCUT2D eigenvalue weighted by Crippen LogP contribution is -2.39. The van der Waals surface area contributed by atoms with Crippen molar-refractivity contribution in [1.29, 1.82) is 0 Å². The summed E-state index contributed by atoms with van der Waals surface area (Å²) in [6.45, 7) is 3.75. The third-order valence-corrected chi connectivity index (χ3v) is 4.02. The van der Waals surface area contributed by atoms with Crippen molar-refractivity contribution < 1.29 is 4.74 Å². The Morgan fingerprint density at radius 1 is 1.35 bits per heavy atom. The summed E-state index contributed by atoms with van der Waals surface area (Å²) >= 11 is 3.55. The Bertz CT molecular complexity index is 396. The Morgan fingerprint density at radius 2 is 2.15 bits per heavy atom. The van der Waals surface area contributed by atoms with Crippen molar-refractivity contribution in [2.45, 2.75) is 51.5 Å². The van der Waals surface area contributed by atoms with Gasteiger partial charge in [-0.2, -0.15) is 4.98 Å². The molecule has 0 bridgehead atoms. The van der Waals surface area contributed by atoms with Crippen LogP contribution >= 0.6 is 15.9 Å². The van der Waals surface area contributed by atoms with Crippen LogP contribution in [-0.2, 0) is 0 Å². The number of hydrogen-bond acceptors (Lipinski definition) is 4. The first-order valence-electron chi connectivity index (χ1n) is 7.63. The Kier molecular flexibility index (Phi) is 6.57. The van der Waals surface area contributed by atoms with E-state index in [-0.39, 0.29) is 0 Å². The lowest BCUT2D eigenvalue weighted by atomic mass is 9.94. The summed E-state index contributed by atoms with van der Waals surface area (Å²) in [6.07, 6.45) is 9.28. The average molecular weight is 342 g/mol. The molecule has 1 heterocycles. The fraction of sp³-hybridized carbons (Fsp3) is 0.733. The minimum atomic E-state index is 0.572. The van der Waals surface area contributed by atoms with Crippen LogP contribution in [0.25, 0.3) is 0 Å². The van der Waals surface area contributed by atoms with E-state index in [1.54, 1.807) is 6.20 Å². The molecule has 0 N–H and O–H groups in total. The fourth-order valence-corrected chi connectivity index (χ4v) is 3.07. The van der Waals surface area contributed by atoms with Crippen molar-refractivity contribution in [2.75, 3.05) is 23.4 Å². The Balaban J connectivity index is 2.10.